The summed E-state index contributed by atoms with van der Waals surface area (Å²) in [5, 5.41) is 7.43. The number of nitrogen functional groups attached to an aromatic ring is 1. The zero-order valence-electron chi connectivity index (χ0n) is 22.0. The van der Waals surface area contributed by atoms with E-state index in [2.05, 4.69) is 6.58 Å². The summed E-state index contributed by atoms with van der Waals surface area (Å²) in [5.41, 5.74) is 8.79. The maximum atomic E-state index is 13.2. The number of benzene rings is 3. The normalized spacial score (nSPS) is 10.9. The summed E-state index contributed by atoms with van der Waals surface area (Å²) < 4.78 is 10.4. The van der Waals surface area contributed by atoms with Crippen LogP contribution in [0.5, 0.6) is 5.75 Å². The van der Waals surface area contributed by atoms with Gasteiger partial charge in [-0.1, -0.05) is 30.3 Å². The maximum Gasteiger partial charge on any atom is 0.343 e. The van der Waals surface area contributed by atoms with Crippen molar-refractivity contribution < 1.29 is 23.9 Å². The molecule has 0 spiro atoms. The van der Waals surface area contributed by atoms with Crippen LogP contribution in [0.15, 0.2) is 91.0 Å². The Labute approximate surface area is 227 Å². The van der Waals surface area contributed by atoms with Gasteiger partial charge in [-0.2, -0.15) is 0 Å². The molecule has 0 radical (unpaired) electrons. The van der Waals surface area contributed by atoms with Crippen LogP contribution in [0.4, 0.5) is 0 Å². The summed E-state index contributed by atoms with van der Waals surface area (Å²) in [6, 6.07) is 20.1. The number of ether oxygens (including phenoxy) is 2. The van der Waals surface area contributed by atoms with Gasteiger partial charge in [-0.05, 0) is 79.6 Å². The average molecular weight is 526 g/mol. The van der Waals surface area contributed by atoms with Crippen molar-refractivity contribution in [2.75, 3.05) is 13.2 Å². The first-order valence-corrected chi connectivity index (χ1v) is 12.3. The average Bonchev–Trinajstić information content (AvgIpc) is 2.93. The molecule has 0 saturated heterocycles. The van der Waals surface area contributed by atoms with E-state index in [0.29, 0.717) is 41.1 Å². The predicted octanol–water partition coefficient (Wildman–Crippen LogP) is 4.98. The Kier molecular flexibility index (Phi) is 9.92. The number of hydrogen-bond acceptors (Lipinski definition) is 6. The molecule has 0 saturated carbocycles. The summed E-state index contributed by atoms with van der Waals surface area (Å²) in [4.78, 5) is 39.4. The van der Waals surface area contributed by atoms with Gasteiger partial charge in [0.05, 0.1) is 17.7 Å². The second-order valence-corrected chi connectivity index (χ2v) is 8.67. The van der Waals surface area contributed by atoms with Gasteiger partial charge in [0.25, 0.3) is 0 Å². The Hall–Kier alpha value is -4.98. The molecule has 0 fully saturated rings. The van der Waals surface area contributed by atoms with Crippen molar-refractivity contribution in [3.05, 3.63) is 119 Å². The number of nitrogens with one attached hydrogen (secondary N) is 1. The van der Waals surface area contributed by atoms with Crippen molar-refractivity contribution >= 4 is 29.8 Å². The molecule has 3 rings (SSSR count). The highest BCUT2D eigenvalue weighted by atomic mass is 16.5. The Morgan fingerprint density at radius 1 is 0.949 bits per heavy atom. The Morgan fingerprint density at radius 3 is 2.23 bits per heavy atom. The van der Waals surface area contributed by atoms with Crippen LogP contribution in [0.3, 0.4) is 0 Å². The molecule has 0 aliphatic rings. The van der Waals surface area contributed by atoms with E-state index in [0.717, 1.165) is 11.1 Å². The molecule has 3 aromatic rings. The molecule has 0 atom stereocenters. The third kappa shape index (κ3) is 8.00. The first-order chi connectivity index (χ1) is 18.7. The second-order valence-electron chi connectivity index (χ2n) is 8.67. The highest BCUT2D eigenvalue weighted by Crippen LogP contribution is 2.17. The van der Waals surface area contributed by atoms with Gasteiger partial charge in [-0.3, -0.25) is 10.2 Å². The minimum absolute atomic E-state index is 0.0684. The number of hydrogen-bond donors (Lipinski definition) is 2. The molecule has 1 amide bonds. The maximum absolute atomic E-state index is 13.2. The minimum atomic E-state index is -0.531. The van der Waals surface area contributed by atoms with Crippen LogP contribution in [-0.4, -0.2) is 41.7 Å². The van der Waals surface area contributed by atoms with Gasteiger partial charge < -0.3 is 20.1 Å². The van der Waals surface area contributed by atoms with E-state index in [1.165, 1.54) is 0 Å². The topological polar surface area (TPSA) is 123 Å². The highest BCUT2D eigenvalue weighted by molar-refractivity contribution is 5.98. The number of rotatable bonds is 11. The summed E-state index contributed by atoms with van der Waals surface area (Å²) in [7, 11) is 0. The van der Waals surface area contributed by atoms with Crippen LogP contribution in [0.2, 0.25) is 0 Å². The molecular formula is C31H31N3O5. The number of amides is 1. The highest BCUT2D eigenvalue weighted by Gasteiger charge is 2.16. The molecule has 0 aliphatic carbocycles. The fourth-order valence-corrected chi connectivity index (χ4v) is 3.75. The lowest BCUT2D eigenvalue weighted by Gasteiger charge is -2.22. The zero-order valence-corrected chi connectivity index (χ0v) is 22.0. The van der Waals surface area contributed by atoms with Crippen LogP contribution in [0.1, 0.15) is 51.3 Å². The van der Waals surface area contributed by atoms with Crippen LogP contribution in [0.25, 0.3) is 6.08 Å². The van der Waals surface area contributed by atoms with Crippen molar-refractivity contribution in [2.24, 2.45) is 5.73 Å². The summed E-state index contributed by atoms with van der Waals surface area (Å²) in [5.74, 6) is -0.855. The van der Waals surface area contributed by atoms with E-state index < -0.39 is 11.9 Å². The van der Waals surface area contributed by atoms with Crippen molar-refractivity contribution in [1.82, 2.24) is 4.90 Å². The first-order valence-electron chi connectivity index (χ1n) is 12.3. The number of carbonyl (C=O) groups is 3. The van der Waals surface area contributed by atoms with E-state index in [1.807, 2.05) is 6.07 Å². The lowest BCUT2D eigenvalue weighted by Crippen LogP contribution is -2.31. The largest absolute Gasteiger partial charge is 0.462 e. The third-order valence-corrected chi connectivity index (χ3v) is 5.69. The molecule has 0 bridgehead atoms. The minimum Gasteiger partial charge on any atom is -0.462 e. The second kappa shape index (κ2) is 13.5. The molecular weight excluding hydrogens is 494 g/mol. The van der Waals surface area contributed by atoms with Crippen LogP contribution in [-0.2, 0) is 16.1 Å². The smallest absolute Gasteiger partial charge is 0.343 e. The Balaban J connectivity index is 1.68. The van der Waals surface area contributed by atoms with Gasteiger partial charge >= 0.3 is 11.9 Å². The summed E-state index contributed by atoms with van der Waals surface area (Å²) >= 11 is 0. The monoisotopic (exact) mass is 525 g/mol. The molecule has 0 aromatic heterocycles. The van der Waals surface area contributed by atoms with Gasteiger partial charge in [0.1, 0.15) is 11.6 Å². The van der Waals surface area contributed by atoms with E-state index in [9.17, 15) is 14.4 Å². The molecule has 200 valence electrons. The molecule has 3 aromatic carbocycles. The molecule has 39 heavy (non-hydrogen) atoms. The molecule has 8 nitrogen and oxygen atoms in total. The van der Waals surface area contributed by atoms with Crippen molar-refractivity contribution in [3.63, 3.8) is 0 Å². The third-order valence-electron chi connectivity index (χ3n) is 5.69. The van der Waals surface area contributed by atoms with Crippen LogP contribution < -0.4 is 10.5 Å². The van der Waals surface area contributed by atoms with Crippen LogP contribution >= 0.6 is 0 Å². The van der Waals surface area contributed by atoms with E-state index in [-0.39, 0.29) is 18.3 Å². The number of amidine groups is 1. The molecule has 0 aliphatic heterocycles. The van der Waals surface area contributed by atoms with E-state index >= 15 is 0 Å². The lowest BCUT2D eigenvalue weighted by atomic mass is 10.1. The van der Waals surface area contributed by atoms with Crippen LogP contribution in [0, 0.1) is 5.41 Å². The van der Waals surface area contributed by atoms with Crippen molar-refractivity contribution in [1.29, 1.82) is 5.41 Å². The van der Waals surface area contributed by atoms with Gasteiger partial charge in [-0.15, -0.1) is 6.58 Å². The lowest BCUT2D eigenvalue weighted by molar-refractivity contribution is -0.127. The molecule has 0 heterocycles. The van der Waals surface area contributed by atoms with E-state index in [4.69, 9.17) is 20.6 Å². The predicted molar refractivity (Wildman–Crippen MR) is 151 cm³/mol. The fourth-order valence-electron chi connectivity index (χ4n) is 3.75. The molecule has 8 heteroatoms. The van der Waals surface area contributed by atoms with Gasteiger partial charge in [-0.25, -0.2) is 9.59 Å². The number of nitrogens with two attached hydrogens (primary N) is 1. The van der Waals surface area contributed by atoms with Gasteiger partial charge in [0, 0.05) is 24.2 Å². The van der Waals surface area contributed by atoms with Crippen molar-refractivity contribution in [3.8, 4) is 5.75 Å². The molecule has 0 unspecified atom stereocenters. The Morgan fingerprint density at radius 2 is 1.62 bits per heavy atom. The standard InChI is InChI=1S/C31H31N3O5/c1-4-17-34(20-23-7-6-8-26(19-23)30(36)38-5-2)29(35)21(3)18-22-9-11-25(12-10-22)31(37)39-27-15-13-24(14-16-27)28(32)33/h4,6-16,18-19H,1,5,17,20H2,2-3H3,(H3,32,33). The van der Waals surface area contributed by atoms with Gasteiger partial charge in [0.15, 0.2) is 0 Å². The Bertz CT molecular complexity index is 1390. The van der Waals surface area contributed by atoms with Crippen molar-refractivity contribution in [2.45, 2.75) is 20.4 Å². The summed E-state index contributed by atoms with van der Waals surface area (Å²) in [6.45, 7) is 8.13. The summed E-state index contributed by atoms with van der Waals surface area (Å²) in [6.07, 6.45) is 3.39. The number of esters is 2. The SMILES string of the molecule is C=CCN(Cc1cccc(C(=O)OCC)c1)C(=O)C(C)=Cc1ccc(C(=O)Oc2ccc(C(=N)N)cc2)cc1. The number of nitrogens with zero attached hydrogens (tertiary/aromatic N) is 1. The first kappa shape index (κ1) is 28.6. The fraction of sp³-hybridized carbons (Fsp3) is 0.161. The quantitative estimate of drug-likeness (QED) is 0.0909. The zero-order chi connectivity index (χ0) is 28.4. The van der Waals surface area contributed by atoms with E-state index in [1.54, 1.807) is 97.6 Å². The van der Waals surface area contributed by atoms with Gasteiger partial charge in [0.2, 0.25) is 5.91 Å². The number of carbonyl (C=O) groups excluding carboxylic acids is 3. The molecule has 3 N–H and O–H groups in total.